The molecular weight excluding hydrogens is 385 g/mol. The molecular formula is C9H8BrClFIO. The van der Waals surface area contributed by atoms with Crippen LogP contribution in [-0.2, 0) is 0 Å². The molecule has 14 heavy (non-hydrogen) atoms. The van der Waals surface area contributed by atoms with Crippen molar-refractivity contribution in [2.75, 3.05) is 4.43 Å². The number of halogens is 4. The summed E-state index contributed by atoms with van der Waals surface area (Å²) in [6.45, 7) is 0. The van der Waals surface area contributed by atoms with Crippen molar-refractivity contribution in [3.8, 4) is 0 Å². The monoisotopic (exact) mass is 392 g/mol. The van der Waals surface area contributed by atoms with Crippen molar-refractivity contribution in [3.05, 3.63) is 33.0 Å². The van der Waals surface area contributed by atoms with Crippen LogP contribution in [-0.4, -0.2) is 9.53 Å². The minimum Gasteiger partial charge on any atom is -0.388 e. The van der Waals surface area contributed by atoms with Gasteiger partial charge in [0, 0.05) is 14.5 Å². The van der Waals surface area contributed by atoms with Gasteiger partial charge in [-0.3, -0.25) is 0 Å². The summed E-state index contributed by atoms with van der Waals surface area (Å²) in [5, 5.41) is 9.71. The molecule has 0 saturated heterocycles. The van der Waals surface area contributed by atoms with E-state index in [-0.39, 0.29) is 10.6 Å². The molecule has 1 aromatic carbocycles. The Kier molecular flexibility index (Phi) is 5.10. The van der Waals surface area contributed by atoms with Gasteiger partial charge in [0.2, 0.25) is 0 Å². The number of hydrogen-bond donors (Lipinski definition) is 1. The Morgan fingerprint density at radius 3 is 2.79 bits per heavy atom. The Hall–Kier alpha value is 0.610. The predicted molar refractivity (Wildman–Crippen MR) is 67.6 cm³/mol. The second kappa shape index (κ2) is 5.63. The van der Waals surface area contributed by atoms with E-state index in [1.54, 1.807) is 6.07 Å². The molecule has 0 radical (unpaired) electrons. The molecule has 0 aliphatic heterocycles. The fourth-order valence-corrected chi connectivity index (χ4v) is 2.42. The van der Waals surface area contributed by atoms with Gasteiger partial charge < -0.3 is 5.11 Å². The molecule has 0 bridgehead atoms. The van der Waals surface area contributed by atoms with E-state index in [0.29, 0.717) is 10.9 Å². The second-order valence-corrected chi connectivity index (χ2v) is 5.09. The van der Waals surface area contributed by atoms with Gasteiger partial charge in [0.05, 0.1) is 11.1 Å². The fraction of sp³-hybridized carbons (Fsp3) is 0.333. The largest absolute Gasteiger partial charge is 0.388 e. The van der Waals surface area contributed by atoms with E-state index in [1.807, 2.05) is 0 Å². The molecule has 0 fully saturated rings. The van der Waals surface area contributed by atoms with Crippen molar-refractivity contribution < 1.29 is 9.50 Å². The highest BCUT2D eigenvalue weighted by Crippen LogP contribution is 2.32. The van der Waals surface area contributed by atoms with E-state index in [1.165, 1.54) is 6.07 Å². The van der Waals surface area contributed by atoms with Crippen LogP contribution in [0.15, 0.2) is 16.6 Å². The van der Waals surface area contributed by atoms with Crippen molar-refractivity contribution in [1.82, 2.24) is 0 Å². The van der Waals surface area contributed by atoms with Gasteiger partial charge >= 0.3 is 0 Å². The maximum atomic E-state index is 13.5. The zero-order chi connectivity index (χ0) is 10.7. The van der Waals surface area contributed by atoms with Crippen LogP contribution in [0.25, 0.3) is 0 Å². The van der Waals surface area contributed by atoms with Gasteiger partial charge in [-0.1, -0.05) is 50.1 Å². The van der Waals surface area contributed by atoms with Gasteiger partial charge in [-0.25, -0.2) is 4.39 Å². The lowest BCUT2D eigenvalue weighted by atomic mass is 10.1. The van der Waals surface area contributed by atoms with Gasteiger partial charge in [-0.15, -0.1) is 0 Å². The first kappa shape index (κ1) is 12.7. The van der Waals surface area contributed by atoms with E-state index < -0.39 is 11.9 Å². The van der Waals surface area contributed by atoms with Crippen LogP contribution in [0.3, 0.4) is 0 Å². The molecule has 0 aliphatic rings. The summed E-state index contributed by atoms with van der Waals surface area (Å²) in [5.74, 6) is -0.543. The lowest BCUT2D eigenvalue weighted by Gasteiger charge is -2.13. The minimum atomic E-state index is -0.806. The quantitative estimate of drug-likeness (QED) is 0.466. The molecule has 0 saturated carbocycles. The number of hydrogen-bond acceptors (Lipinski definition) is 1. The van der Waals surface area contributed by atoms with Crippen LogP contribution in [0, 0.1) is 5.82 Å². The Morgan fingerprint density at radius 1 is 1.57 bits per heavy atom. The number of aliphatic hydroxyl groups is 1. The lowest BCUT2D eigenvalue weighted by molar-refractivity contribution is 0.170. The molecule has 1 atom stereocenters. The van der Waals surface area contributed by atoms with Crippen LogP contribution in [0.5, 0.6) is 0 Å². The number of aliphatic hydroxyl groups excluding tert-OH is 1. The Bertz CT molecular complexity index is 335. The molecule has 1 nitrogen and oxygen atoms in total. The molecule has 1 rings (SSSR count). The van der Waals surface area contributed by atoms with Crippen LogP contribution < -0.4 is 0 Å². The Labute approximate surface area is 109 Å². The van der Waals surface area contributed by atoms with Crippen molar-refractivity contribution in [3.63, 3.8) is 0 Å². The highest BCUT2D eigenvalue weighted by atomic mass is 127. The van der Waals surface area contributed by atoms with E-state index in [2.05, 4.69) is 38.5 Å². The highest BCUT2D eigenvalue weighted by Gasteiger charge is 2.18. The molecule has 0 spiro atoms. The summed E-state index contributed by atoms with van der Waals surface area (Å²) in [6.07, 6.45) is -0.295. The molecule has 0 heterocycles. The molecule has 0 aromatic heterocycles. The van der Waals surface area contributed by atoms with Crippen LogP contribution in [0.1, 0.15) is 18.1 Å². The van der Waals surface area contributed by atoms with E-state index in [0.717, 1.165) is 4.43 Å². The van der Waals surface area contributed by atoms with E-state index in [4.69, 9.17) is 11.6 Å². The summed E-state index contributed by atoms with van der Waals surface area (Å²) >= 11 is 10.9. The first-order valence-electron chi connectivity index (χ1n) is 3.95. The SMILES string of the molecule is O[C@@H](CCI)c1c(Br)ccc(Cl)c1F. The zero-order valence-electron chi connectivity index (χ0n) is 7.11. The van der Waals surface area contributed by atoms with Crippen molar-refractivity contribution in [2.24, 2.45) is 0 Å². The smallest absolute Gasteiger partial charge is 0.148 e. The highest BCUT2D eigenvalue weighted by molar-refractivity contribution is 14.1. The van der Waals surface area contributed by atoms with Gasteiger partial charge in [0.25, 0.3) is 0 Å². The second-order valence-electron chi connectivity index (χ2n) is 2.75. The third kappa shape index (κ3) is 2.81. The molecule has 5 heteroatoms. The number of rotatable bonds is 3. The predicted octanol–water partition coefficient (Wildman–Crippen LogP) is 4.10. The zero-order valence-corrected chi connectivity index (χ0v) is 11.6. The molecule has 1 aromatic rings. The van der Waals surface area contributed by atoms with Gasteiger partial charge in [0.15, 0.2) is 0 Å². The summed E-state index contributed by atoms with van der Waals surface area (Å²) in [4.78, 5) is 0. The van der Waals surface area contributed by atoms with Crippen molar-refractivity contribution in [2.45, 2.75) is 12.5 Å². The topological polar surface area (TPSA) is 20.2 Å². The van der Waals surface area contributed by atoms with Gasteiger partial charge in [-0.2, -0.15) is 0 Å². The molecule has 0 unspecified atom stereocenters. The maximum absolute atomic E-state index is 13.5. The molecule has 0 amide bonds. The Balaban J connectivity index is 3.11. The molecule has 1 N–H and O–H groups in total. The number of alkyl halides is 1. The van der Waals surface area contributed by atoms with Crippen LogP contribution >= 0.6 is 50.1 Å². The average Bonchev–Trinajstić information content (AvgIpc) is 2.13. The molecule has 0 aliphatic carbocycles. The van der Waals surface area contributed by atoms with Gasteiger partial charge in [0.1, 0.15) is 5.82 Å². The van der Waals surface area contributed by atoms with E-state index >= 15 is 0 Å². The van der Waals surface area contributed by atoms with Crippen LogP contribution in [0.4, 0.5) is 4.39 Å². The summed E-state index contributed by atoms with van der Waals surface area (Å²) in [5.41, 5.74) is 0.245. The van der Waals surface area contributed by atoms with E-state index in [9.17, 15) is 9.50 Å². The van der Waals surface area contributed by atoms with Crippen LogP contribution in [0.2, 0.25) is 5.02 Å². The number of benzene rings is 1. The molecule has 78 valence electrons. The third-order valence-electron chi connectivity index (χ3n) is 1.80. The summed E-state index contributed by atoms with van der Waals surface area (Å²) in [6, 6.07) is 3.10. The normalized spacial score (nSPS) is 12.9. The first-order chi connectivity index (χ1) is 6.57. The Morgan fingerprint density at radius 2 is 2.21 bits per heavy atom. The average molecular weight is 393 g/mol. The lowest BCUT2D eigenvalue weighted by Crippen LogP contribution is -2.03. The fourth-order valence-electron chi connectivity index (χ4n) is 1.10. The standard InChI is InChI=1S/C9H8BrClFIO/c10-5-1-2-6(11)9(12)8(5)7(14)3-4-13/h1-2,7,14H,3-4H2/t7-/m0/s1. The minimum absolute atomic E-state index is 0.0377. The van der Waals surface area contributed by atoms with Gasteiger partial charge in [-0.05, 0) is 18.6 Å². The first-order valence-corrected chi connectivity index (χ1v) is 6.65. The third-order valence-corrected chi connectivity index (χ3v) is 3.40. The van der Waals surface area contributed by atoms with Crippen molar-refractivity contribution in [1.29, 1.82) is 0 Å². The summed E-state index contributed by atoms with van der Waals surface area (Å²) in [7, 11) is 0. The maximum Gasteiger partial charge on any atom is 0.148 e. The summed E-state index contributed by atoms with van der Waals surface area (Å²) < 4.78 is 14.8. The van der Waals surface area contributed by atoms with Crippen molar-refractivity contribution >= 4 is 50.1 Å².